The van der Waals surface area contributed by atoms with Crippen LogP contribution < -0.4 is 10.6 Å². The van der Waals surface area contributed by atoms with Gasteiger partial charge in [0.25, 0.3) is 5.91 Å². The fourth-order valence-electron chi connectivity index (χ4n) is 3.81. The predicted molar refractivity (Wildman–Crippen MR) is 134 cm³/mol. The number of rotatable bonds is 10. The zero-order valence-electron chi connectivity index (χ0n) is 19.4. The first kappa shape index (κ1) is 25.6. The fraction of sp³-hybridized carbons (Fsp3) is 0.296. The minimum Gasteiger partial charge on any atom is -0.508 e. The average Bonchev–Trinajstić information content (AvgIpc) is 2.78. The van der Waals surface area contributed by atoms with E-state index in [-0.39, 0.29) is 29.5 Å². The summed E-state index contributed by atoms with van der Waals surface area (Å²) in [7, 11) is 0. The van der Waals surface area contributed by atoms with E-state index in [1.807, 2.05) is 56.3 Å². The molecule has 0 radical (unpaired) electrons. The van der Waals surface area contributed by atoms with Crippen LogP contribution in [0.3, 0.4) is 0 Å². The summed E-state index contributed by atoms with van der Waals surface area (Å²) in [5, 5.41) is 36.7. The van der Waals surface area contributed by atoms with Crippen LogP contribution in [0.1, 0.15) is 47.0 Å². The van der Waals surface area contributed by atoms with Crippen molar-refractivity contribution in [3.05, 3.63) is 94.0 Å². The maximum absolute atomic E-state index is 12.6. The maximum atomic E-state index is 12.6. The molecule has 5 N–H and O–H groups in total. The lowest BCUT2D eigenvalue weighted by Crippen LogP contribution is -2.43. The summed E-state index contributed by atoms with van der Waals surface area (Å²) in [4.78, 5) is 12.6. The van der Waals surface area contributed by atoms with Crippen LogP contribution >= 0.6 is 11.6 Å². The van der Waals surface area contributed by atoms with Crippen LogP contribution in [0.5, 0.6) is 11.5 Å². The molecule has 0 saturated heterocycles. The second-order valence-electron chi connectivity index (χ2n) is 9.04. The first-order chi connectivity index (χ1) is 16.1. The minimum absolute atomic E-state index is 0.102. The molecule has 3 aromatic carbocycles. The number of amides is 1. The largest absolute Gasteiger partial charge is 0.508 e. The van der Waals surface area contributed by atoms with Gasteiger partial charge in [-0.1, -0.05) is 41.9 Å². The smallest absolute Gasteiger partial charge is 0.251 e. The Hall–Kier alpha value is -3.06. The minimum atomic E-state index is -0.896. The van der Waals surface area contributed by atoms with Crippen LogP contribution in [-0.4, -0.2) is 39.9 Å². The number of nitrogens with one attached hydrogen (secondary N) is 2. The van der Waals surface area contributed by atoms with Crippen molar-refractivity contribution in [2.24, 2.45) is 0 Å². The van der Waals surface area contributed by atoms with Gasteiger partial charge in [-0.2, -0.15) is 0 Å². The van der Waals surface area contributed by atoms with Crippen LogP contribution in [0.4, 0.5) is 0 Å². The van der Waals surface area contributed by atoms with Crippen molar-refractivity contribution in [3.63, 3.8) is 0 Å². The molecule has 0 aromatic heterocycles. The molecule has 0 spiro atoms. The SMILES string of the molecule is CC(C)(Cc1cccc(C(=O)NCCc2ccccc2Cl)c1)NCC(O)c1cc(O)cc(O)c1. The molecule has 0 bridgehead atoms. The summed E-state index contributed by atoms with van der Waals surface area (Å²) in [5.74, 6) is -0.343. The van der Waals surface area contributed by atoms with Gasteiger partial charge >= 0.3 is 0 Å². The highest BCUT2D eigenvalue weighted by Crippen LogP contribution is 2.25. The Labute approximate surface area is 205 Å². The van der Waals surface area contributed by atoms with E-state index >= 15 is 0 Å². The van der Waals surface area contributed by atoms with E-state index in [4.69, 9.17) is 11.6 Å². The van der Waals surface area contributed by atoms with E-state index in [0.29, 0.717) is 35.5 Å². The molecule has 0 heterocycles. The van der Waals surface area contributed by atoms with Gasteiger partial charge in [0.2, 0.25) is 0 Å². The van der Waals surface area contributed by atoms with E-state index in [1.165, 1.54) is 18.2 Å². The number of carbonyl (C=O) groups excluding carboxylic acids is 1. The van der Waals surface area contributed by atoms with Crippen LogP contribution in [0.15, 0.2) is 66.7 Å². The van der Waals surface area contributed by atoms with Crippen LogP contribution in [0.25, 0.3) is 0 Å². The van der Waals surface area contributed by atoms with Crippen molar-refractivity contribution in [2.75, 3.05) is 13.1 Å². The normalized spacial score (nSPS) is 12.4. The standard InChI is InChI=1S/C27H31ClN2O4/c1-27(2,30-17-25(33)21-13-22(31)15-23(32)14-21)16-18-6-5-8-20(12-18)26(34)29-11-10-19-7-3-4-9-24(19)28/h3-9,12-15,25,30-33H,10-11,16-17H2,1-2H3,(H,29,34). The number of phenolic OH excluding ortho intramolecular Hbond substituents is 2. The van der Waals surface area contributed by atoms with Gasteiger partial charge in [-0.05, 0) is 73.7 Å². The lowest BCUT2D eigenvalue weighted by atomic mass is 9.93. The summed E-state index contributed by atoms with van der Waals surface area (Å²) in [6.07, 6.45) is 0.389. The number of phenols is 2. The summed E-state index contributed by atoms with van der Waals surface area (Å²) < 4.78 is 0. The topological polar surface area (TPSA) is 102 Å². The first-order valence-electron chi connectivity index (χ1n) is 11.2. The molecule has 0 aliphatic rings. The molecule has 0 fully saturated rings. The number of benzene rings is 3. The highest BCUT2D eigenvalue weighted by atomic mass is 35.5. The van der Waals surface area contributed by atoms with Crippen LogP contribution in [0, 0.1) is 0 Å². The Morgan fingerprint density at radius 1 is 1.00 bits per heavy atom. The number of carbonyl (C=O) groups is 1. The monoisotopic (exact) mass is 482 g/mol. The van der Waals surface area contributed by atoms with Crippen molar-refractivity contribution in [1.29, 1.82) is 0 Å². The quantitative estimate of drug-likeness (QED) is 0.295. The third-order valence-electron chi connectivity index (χ3n) is 5.56. The van der Waals surface area contributed by atoms with E-state index < -0.39 is 6.10 Å². The molecule has 6 nitrogen and oxygen atoms in total. The number of halogens is 1. The molecular formula is C27H31ClN2O4. The molecule has 0 saturated carbocycles. The third-order valence-corrected chi connectivity index (χ3v) is 5.93. The van der Waals surface area contributed by atoms with Gasteiger partial charge in [0, 0.05) is 35.3 Å². The van der Waals surface area contributed by atoms with Crippen molar-refractivity contribution in [3.8, 4) is 11.5 Å². The Balaban J connectivity index is 1.54. The summed E-state index contributed by atoms with van der Waals surface area (Å²) >= 11 is 6.18. The molecule has 34 heavy (non-hydrogen) atoms. The third kappa shape index (κ3) is 7.48. The number of hydrogen-bond acceptors (Lipinski definition) is 5. The first-order valence-corrected chi connectivity index (χ1v) is 11.6. The molecule has 180 valence electrons. The molecule has 0 aliphatic carbocycles. The summed E-state index contributed by atoms with van der Waals surface area (Å²) in [5.41, 5.74) is 2.62. The van der Waals surface area contributed by atoms with Crippen molar-refractivity contribution >= 4 is 17.5 Å². The van der Waals surface area contributed by atoms with E-state index in [1.54, 1.807) is 6.07 Å². The van der Waals surface area contributed by atoms with Gasteiger partial charge < -0.3 is 26.0 Å². The average molecular weight is 483 g/mol. The second-order valence-corrected chi connectivity index (χ2v) is 9.44. The Morgan fingerprint density at radius 2 is 1.71 bits per heavy atom. The zero-order chi connectivity index (χ0) is 24.7. The van der Waals surface area contributed by atoms with Crippen LogP contribution in [-0.2, 0) is 12.8 Å². The molecule has 7 heteroatoms. The van der Waals surface area contributed by atoms with E-state index in [0.717, 1.165) is 11.1 Å². The predicted octanol–water partition coefficient (Wildman–Crippen LogP) is 4.37. The highest BCUT2D eigenvalue weighted by Gasteiger charge is 2.21. The molecule has 1 atom stereocenters. The van der Waals surface area contributed by atoms with Gasteiger partial charge in [-0.15, -0.1) is 0 Å². The van der Waals surface area contributed by atoms with E-state index in [2.05, 4.69) is 10.6 Å². The number of β-amino-alcohol motifs (C(OH)–C–C–N with tert-alkyl or cyclic N) is 1. The van der Waals surface area contributed by atoms with Gasteiger partial charge in [0.15, 0.2) is 0 Å². The summed E-state index contributed by atoms with van der Waals surface area (Å²) in [6, 6.07) is 19.1. The van der Waals surface area contributed by atoms with Crippen LogP contribution in [0.2, 0.25) is 5.02 Å². The molecule has 1 amide bonds. The molecule has 0 aliphatic heterocycles. The highest BCUT2D eigenvalue weighted by molar-refractivity contribution is 6.31. The zero-order valence-corrected chi connectivity index (χ0v) is 20.1. The van der Waals surface area contributed by atoms with Crippen molar-refractivity contribution < 1.29 is 20.1 Å². The van der Waals surface area contributed by atoms with Crippen molar-refractivity contribution in [2.45, 2.75) is 38.3 Å². The Morgan fingerprint density at radius 3 is 2.41 bits per heavy atom. The molecule has 1 unspecified atom stereocenters. The molecule has 3 aromatic rings. The van der Waals surface area contributed by atoms with Crippen molar-refractivity contribution in [1.82, 2.24) is 10.6 Å². The maximum Gasteiger partial charge on any atom is 0.251 e. The lowest BCUT2D eigenvalue weighted by Gasteiger charge is -2.28. The lowest BCUT2D eigenvalue weighted by molar-refractivity contribution is 0.0954. The van der Waals surface area contributed by atoms with Gasteiger partial charge in [-0.25, -0.2) is 0 Å². The number of hydrogen-bond donors (Lipinski definition) is 5. The number of aromatic hydroxyl groups is 2. The number of aliphatic hydroxyl groups excluding tert-OH is 1. The Kier molecular flexibility index (Phi) is 8.56. The summed E-state index contributed by atoms with van der Waals surface area (Å²) in [6.45, 7) is 4.74. The number of aliphatic hydroxyl groups is 1. The van der Waals surface area contributed by atoms with E-state index in [9.17, 15) is 20.1 Å². The fourth-order valence-corrected chi connectivity index (χ4v) is 4.04. The van der Waals surface area contributed by atoms with Gasteiger partial charge in [0.1, 0.15) is 11.5 Å². The van der Waals surface area contributed by atoms with Gasteiger partial charge in [0.05, 0.1) is 6.10 Å². The molecular weight excluding hydrogens is 452 g/mol. The molecule has 3 rings (SSSR count). The second kappa shape index (κ2) is 11.4. The van der Waals surface area contributed by atoms with Gasteiger partial charge in [-0.3, -0.25) is 4.79 Å². The Bertz CT molecular complexity index is 1110.